The zero-order valence-corrected chi connectivity index (χ0v) is 19.4. The van der Waals surface area contributed by atoms with E-state index in [2.05, 4.69) is 25.6 Å². The smallest absolute Gasteiger partial charge is 0.292 e. The highest BCUT2D eigenvalue weighted by Gasteiger charge is 2.25. The Hall–Kier alpha value is -1.91. The molecule has 6 nitrogen and oxygen atoms in total. The molecule has 2 atom stereocenters. The Kier molecular flexibility index (Phi) is 8.06. The normalized spacial score (nSPS) is 14.0. The third-order valence-corrected chi connectivity index (χ3v) is 6.26. The van der Waals surface area contributed by atoms with Gasteiger partial charge in [0.05, 0.1) is 15.7 Å². The van der Waals surface area contributed by atoms with Crippen molar-refractivity contribution in [2.24, 2.45) is 4.40 Å². The third kappa shape index (κ3) is 6.05. The van der Waals surface area contributed by atoms with Gasteiger partial charge in [-0.15, -0.1) is 0 Å². The van der Waals surface area contributed by atoms with Gasteiger partial charge in [-0.05, 0) is 45.0 Å². The van der Waals surface area contributed by atoms with E-state index < -0.39 is 38.3 Å². The van der Waals surface area contributed by atoms with Crippen LogP contribution in [0.3, 0.4) is 0 Å². The summed E-state index contributed by atoms with van der Waals surface area (Å²) in [4.78, 5) is 10.7. The zero-order valence-electron chi connectivity index (χ0n) is 16.3. The SMILES string of the molecule is CC(C)(C)[S@@](=O)N=CC[C@@H](Nc1cc(Cl)ccc1[N+](=O)[O-])c1c(Br)ccc(F)c1F. The van der Waals surface area contributed by atoms with E-state index >= 15 is 0 Å². The van der Waals surface area contributed by atoms with Gasteiger partial charge >= 0.3 is 0 Å². The average Bonchev–Trinajstić information content (AvgIpc) is 2.63. The maximum absolute atomic E-state index is 14.6. The lowest BCUT2D eigenvalue weighted by Gasteiger charge is -2.21. The molecular formula is C19H19BrClF2N3O3S. The quantitative estimate of drug-likeness (QED) is 0.198. The largest absolute Gasteiger partial charge is 0.372 e. The summed E-state index contributed by atoms with van der Waals surface area (Å²) < 4.78 is 44.3. The van der Waals surface area contributed by atoms with Crippen LogP contribution in [0.15, 0.2) is 39.2 Å². The number of halogens is 4. The molecule has 0 aromatic heterocycles. The number of rotatable bonds is 7. The number of anilines is 1. The summed E-state index contributed by atoms with van der Waals surface area (Å²) >= 11 is 9.16. The van der Waals surface area contributed by atoms with Crippen LogP contribution in [-0.2, 0) is 11.0 Å². The van der Waals surface area contributed by atoms with E-state index in [0.717, 1.165) is 6.07 Å². The molecular weight excluding hydrogens is 504 g/mol. The lowest BCUT2D eigenvalue weighted by atomic mass is 10.0. The molecule has 0 aliphatic rings. The highest BCUT2D eigenvalue weighted by Crippen LogP contribution is 2.36. The van der Waals surface area contributed by atoms with Crippen molar-refractivity contribution >= 4 is 56.1 Å². The standard InChI is InChI=1S/C19H19BrClF2N3O3S/c1-19(2,3)30(29)24-9-8-14(17-12(20)5-6-13(22)18(17)23)25-15-10-11(21)4-7-16(15)26(27)28/h4-7,9-10,14,25H,8H2,1-3H3/t14-,30-/m1/s1. The molecule has 162 valence electrons. The fraction of sp³-hybridized carbons (Fsp3) is 0.316. The number of nitro benzene ring substituents is 1. The predicted octanol–water partition coefficient (Wildman–Crippen LogP) is 6.37. The first kappa shape index (κ1) is 24.4. The van der Waals surface area contributed by atoms with E-state index in [-0.39, 0.29) is 32.9 Å². The maximum atomic E-state index is 14.6. The number of nitro groups is 1. The molecule has 0 saturated carbocycles. The Bertz CT molecular complexity index is 1020. The van der Waals surface area contributed by atoms with Crippen molar-refractivity contribution < 1.29 is 17.9 Å². The van der Waals surface area contributed by atoms with Gasteiger partial charge in [0, 0.05) is 33.8 Å². The van der Waals surface area contributed by atoms with E-state index in [0.29, 0.717) is 0 Å². The van der Waals surface area contributed by atoms with Gasteiger partial charge in [0.25, 0.3) is 5.69 Å². The van der Waals surface area contributed by atoms with Crippen LogP contribution in [0.25, 0.3) is 0 Å². The zero-order chi connectivity index (χ0) is 22.6. The minimum absolute atomic E-state index is 0.0234. The van der Waals surface area contributed by atoms with Crippen molar-refractivity contribution in [3.63, 3.8) is 0 Å². The second-order valence-corrected chi connectivity index (χ2v) is 10.5. The Morgan fingerprint density at radius 2 is 2.00 bits per heavy atom. The first-order valence-electron chi connectivity index (χ1n) is 8.70. The molecule has 0 bridgehead atoms. The second kappa shape index (κ2) is 9.93. The highest BCUT2D eigenvalue weighted by molar-refractivity contribution is 9.10. The molecule has 2 rings (SSSR count). The molecule has 0 aliphatic heterocycles. The minimum atomic E-state index is -1.55. The summed E-state index contributed by atoms with van der Waals surface area (Å²) in [5.74, 6) is -2.19. The monoisotopic (exact) mass is 521 g/mol. The molecule has 2 aromatic rings. The molecule has 0 amide bonds. The maximum Gasteiger partial charge on any atom is 0.292 e. The average molecular weight is 523 g/mol. The Morgan fingerprint density at radius 3 is 2.60 bits per heavy atom. The number of hydrogen-bond donors (Lipinski definition) is 1. The number of benzene rings is 2. The molecule has 30 heavy (non-hydrogen) atoms. The van der Waals surface area contributed by atoms with Crippen molar-refractivity contribution in [1.29, 1.82) is 0 Å². The lowest BCUT2D eigenvalue weighted by molar-refractivity contribution is -0.384. The Labute approximate surface area is 188 Å². The van der Waals surface area contributed by atoms with Crippen LogP contribution in [0, 0.1) is 21.7 Å². The van der Waals surface area contributed by atoms with E-state index in [1.807, 2.05) is 0 Å². The van der Waals surface area contributed by atoms with Gasteiger partial charge < -0.3 is 5.32 Å². The molecule has 0 fully saturated rings. The summed E-state index contributed by atoms with van der Waals surface area (Å²) in [6.07, 6.45) is 1.30. The van der Waals surface area contributed by atoms with Gasteiger partial charge in [-0.25, -0.2) is 13.0 Å². The van der Waals surface area contributed by atoms with Crippen LogP contribution in [0.4, 0.5) is 20.2 Å². The van der Waals surface area contributed by atoms with E-state index in [1.165, 1.54) is 30.5 Å². The minimum Gasteiger partial charge on any atom is -0.372 e. The molecule has 11 heteroatoms. The number of hydrogen-bond acceptors (Lipinski definition) is 4. The lowest BCUT2D eigenvalue weighted by Crippen LogP contribution is -2.20. The van der Waals surface area contributed by atoms with Crippen molar-refractivity contribution in [3.8, 4) is 0 Å². The molecule has 0 unspecified atom stereocenters. The summed E-state index contributed by atoms with van der Waals surface area (Å²) in [5, 5.41) is 14.4. The molecule has 2 aromatic carbocycles. The summed E-state index contributed by atoms with van der Waals surface area (Å²) in [7, 11) is -1.55. The molecule has 0 radical (unpaired) electrons. The molecule has 0 heterocycles. The van der Waals surface area contributed by atoms with Gasteiger partial charge in [-0.1, -0.05) is 27.5 Å². The van der Waals surface area contributed by atoms with Crippen molar-refractivity contribution in [1.82, 2.24) is 0 Å². The van der Waals surface area contributed by atoms with E-state index in [4.69, 9.17) is 11.6 Å². The molecule has 0 saturated heterocycles. The summed E-state index contributed by atoms with van der Waals surface area (Å²) in [6.45, 7) is 5.23. The number of nitrogens with zero attached hydrogens (tertiary/aromatic N) is 2. The first-order valence-corrected chi connectivity index (χ1v) is 11.0. The first-order chi connectivity index (χ1) is 13.9. The van der Waals surface area contributed by atoms with Gasteiger partial charge in [0.15, 0.2) is 11.6 Å². The van der Waals surface area contributed by atoms with Crippen LogP contribution < -0.4 is 5.32 Å². The second-order valence-electron chi connectivity index (χ2n) is 7.26. The molecule has 0 aliphatic carbocycles. The number of nitrogens with one attached hydrogen (secondary N) is 1. The van der Waals surface area contributed by atoms with E-state index in [1.54, 1.807) is 20.8 Å². The van der Waals surface area contributed by atoms with Crippen LogP contribution >= 0.6 is 27.5 Å². The highest BCUT2D eigenvalue weighted by atomic mass is 79.9. The van der Waals surface area contributed by atoms with Gasteiger partial charge in [0.2, 0.25) is 0 Å². The summed E-state index contributed by atoms with van der Waals surface area (Å²) in [6, 6.07) is 5.22. The summed E-state index contributed by atoms with van der Waals surface area (Å²) in [5.41, 5.74) is -0.344. The van der Waals surface area contributed by atoms with Crippen molar-refractivity contribution in [2.75, 3.05) is 5.32 Å². The topological polar surface area (TPSA) is 84.6 Å². The molecule has 1 N–H and O–H groups in total. The van der Waals surface area contributed by atoms with Gasteiger partial charge in [-0.2, -0.15) is 4.40 Å². The van der Waals surface area contributed by atoms with Crippen LogP contribution in [-0.4, -0.2) is 20.1 Å². The Morgan fingerprint density at radius 1 is 1.33 bits per heavy atom. The fourth-order valence-corrected chi connectivity index (χ4v) is 3.75. The predicted molar refractivity (Wildman–Crippen MR) is 120 cm³/mol. The van der Waals surface area contributed by atoms with Gasteiger partial charge in [-0.3, -0.25) is 10.1 Å². The Balaban J connectivity index is 2.49. The fourth-order valence-electron chi connectivity index (χ4n) is 2.46. The van der Waals surface area contributed by atoms with Crippen molar-refractivity contribution in [2.45, 2.75) is 38.0 Å². The third-order valence-electron chi connectivity index (χ3n) is 3.95. The van der Waals surface area contributed by atoms with Crippen LogP contribution in [0.1, 0.15) is 38.8 Å². The van der Waals surface area contributed by atoms with E-state index in [9.17, 15) is 23.1 Å². The van der Waals surface area contributed by atoms with Gasteiger partial charge in [0.1, 0.15) is 16.7 Å². The van der Waals surface area contributed by atoms with Crippen LogP contribution in [0.2, 0.25) is 5.02 Å². The molecule has 0 spiro atoms. The van der Waals surface area contributed by atoms with Crippen molar-refractivity contribution in [3.05, 3.63) is 67.1 Å². The van der Waals surface area contributed by atoms with Crippen LogP contribution in [0.5, 0.6) is 0 Å².